The second-order valence-electron chi connectivity index (χ2n) is 8.20. The topological polar surface area (TPSA) is 49.9 Å². The Morgan fingerprint density at radius 2 is 1.85 bits per heavy atom. The highest BCUT2D eigenvalue weighted by Gasteiger charge is 2.38. The molecule has 0 bridgehead atoms. The van der Waals surface area contributed by atoms with E-state index in [1.165, 1.54) is 5.56 Å². The van der Waals surface area contributed by atoms with Gasteiger partial charge in [-0.1, -0.05) is 24.3 Å². The summed E-state index contributed by atoms with van der Waals surface area (Å²) in [4.78, 5) is 2.96. The van der Waals surface area contributed by atoms with Gasteiger partial charge in [0.15, 0.2) is 0 Å². The molecule has 3 unspecified atom stereocenters. The molecule has 2 heterocycles. The molecule has 1 aromatic carbocycles. The van der Waals surface area contributed by atoms with Gasteiger partial charge in [0, 0.05) is 32.2 Å². The lowest BCUT2D eigenvalue weighted by Crippen LogP contribution is -2.51. The van der Waals surface area contributed by atoms with Crippen LogP contribution < -0.4 is 0 Å². The van der Waals surface area contributed by atoms with Crippen molar-refractivity contribution in [2.24, 2.45) is 0 Å². The van der Waals surface area contributed by atoms with Crippen LogP contribution in [0.25, 0.3) is 6.08 Å². The third-order valence-corrected chi connectivity index (χ3v) is 8.02. The van der Waals surface area contributed by atoms with E-state index in [1.807, 2.05) is 24.3 Å². The van der Waals surface area contributed by atoms with Gasteiger partial charge in [-0.2, -0.15) is 4.31 Å². The van der Waals surface area contributed by atoms with Gasteiger partial charge in [0.1, 0.15) is 0 Å². The summed E-state index contributed by atoms with van der Waals surface area (Å²) < 4.78 is 34.4. The highest BCUT2D eigenvalue weighted by Crippen LogP contribution is 2.33. The number of allylic oxidation sites excluding steroid dienone is 1. The highest BCUT2D eigenvalue weighted by molar-refractivity contribution is 7.93. The zero-order valence-electron chi connectivity index (χ0n) is 16.3. The van der Waals surface area contributed by atoms with Crippen molar-refractivity contribution in [1.29, 1.82) is 0 Å². The van der Waals surface area contributed by atoms with E-state index in [4.69, 9.17) is 4.74 Å². The fourth-order valence-corrected chi connectivity index (χ4v) is 6.67. The fraction of sp³-hybridized carbons (Fsp3) is 0.619. The Morgan fingerprint density at radius 3 is 2.63 bits per heavy atom. The zero-order valence-corrected chi connectivity index (χ0v) is 17.1. The molecule has 0 amide bonds. The van der Waals surface area contributed by atoms with Crippen molar-refractivity contribution in [3.8, 4) is 0 Å². The van der Waals surface area contributed by atoms with Crippen molar-refractivity contribution >= 4 is 16.1 Å². The van der Waals surface area contributed by atoms with Crippen molar-refractivity contribution in [3.05, 3.63) is 40.3 Å². The van der Waals surface area contributed by atoms with Crippen LogP contribution in [-0.2, 0) is 21.2 Å². The molecule has 2 fully saturated rings. The predicted molar refractivity (Wildman–Crippen MR) is 108 cm³/mol. The lowest BCUT2D eigenvalue weighted by Gasteiger charge is -2.38. The zero-order chi connectivity index (χ0) is 19.0. The average molecular weight is 391 g/mol. The summed E-state index contributed by atoms with van der Waals surface area (Å²) in [7, 11) is -3.39. The second kappa shape index (κ2) is 7.66. The maximum absolute atomic E-state index is 13.4. The maximum atomic E-state index is 13.4. The molecule has 148 valence electrons. The summed E-state index contributed by atoms with van der Waals surface area (Å²) >= 11 is 0. The summed E-state index contributed by atoms with van der Waals surface area (Å²) in [6, 6.07) is 8.18. The minimum Gasteiger partial charge on any atom is -0.373 e. The number of hydrogen-bond donors (Lipinski definition) is 0. The fourth-order valence-electron chi connectivity index (χ4n) is 4.80. The van der Waals surface area contributed by atoms with E-state index in [1.54, 1.807) is 4.31 Å². The Morgan fingerprint density at radius 1 is 1.11 bits per heavy atom. The van der Waals surface area contributed by atoms with E-state index < -0.39 is 10.0 Å². The Balaban J connectivity index is 1.52. The van der Waals surface area contributed by atoms with Crippen LogP contribution in [0, 0.1) is 0 Å². The standard InChI is InChI=1S/C21H30N2O3S/c1-16-13-22(14-17(2)26-16)15-20-8-5-11-23(20)27(24,25)21-10-9-18-6-3-4-7-19(18)12-21/h3-4,6-7,12,16-17,20H,5,8-11,13-15H2,1-2H3. The van der Waals surface area contributed by atoms with Crippen molar-refractivity contribution in [3.63, 3.8) is 0 Å². The Kier molecular flexibility index (Phi) is 5.43. The third-order valence-electron chi connectivity index (χ3n) is 5.94. The van der Waals surface area contributed by atoms with Gasteiger partial charge in [-0.15, -0.1) is 0 Å². The lowest BCUT2D eigenvalue weighted by molar-refractivity contribution is -0.0707. The largest absolute Gasteiger partial charge is 0.373 e. The number of morpholine rings is 1. The van der Waals surface area contributed by atoms with Crippen LogP contribution in [-0.4, -0.2) is 62.1 Å². The second-order valence-corrected chi connectivity index (χ2v) is 10.1. The van der Waals surface area contributed by atoms with Crippen LogP contribution in [0.15, 0.2) is 29.2 Å². The van der Waals surface area contributed by atoms with Crippen LogP contribution in [0.3, 0.4) is 0 Å². The van der Waals surface area contributed by atoms with Gasteiger partial charge >= 0.3 is 0 Å². The molecule has 5 nitrogen and oxygen atoms in total. The highest BCUT2D eigenvalue weighted by atomic mass is 32.2. The molecule has 0 spiro atoms. The van der Waals surface area contributed by atoms with E-state index in [0.29, 0.717) is 17.9 Å². The molecule has 6 heteroatoms. The molecule has 3 aliphatic rings. The van der Waals surface area contributed by atoms with Crippen molar-refractivity contribution < 1.29 is 13.2 Å². The van der Waals surface area contributed by atoms with Gasteiger partial charge in [-0.05, 0) is 56.7 Å². The van der Waals surface area contributed by atoms with E-state index in [9.17, 15) is 8.42 Å². The molecule has 0 aromatic heterocycles. The number of fused-ring (bicyclic) bond motifs is 1. The van der Waals surface area contributed by atoms with Crippen LogP contribution in [0.4, 0.5) is 0 Å². The molecule has 0 radical (unpaired) electrons. The van der Waals surface area contributed by atoms with Crippen LogP contribution in [0.1, 0.15) is 44.2 Å². The van der Waals surface area contributed by atoms with Gasteiger partial charge < -0.3 is 4.74 Å². The SMILES string of the molecule is CC1CN(CC2CCCN2S(=O)(=O)C2=Cc3ccccc3CC2)CC(C)O1. The first-order valence-electron chi connectivity index (χ1n) is 10.1. The molecular formula is C21H30N2O3S. The summed E-state index contributed by atoms with van der Waals surface area (Å²) in [6.45, 7) is 7.39. The number of hydrogen-bond acceptors (Lipinski definition) is 4. The maximum Gasteiger partial charge on any atom is 0.239 e. The molecule has 1 aliphatic carbocycles. The molecule has 4 rings (SSSR count). The van der Waals surface area contributed by atoms with Gasteiger partial charge in [-0.25, -0.2) is 8.42 Å². The number of rotatable bonds is 4. The lowest BCUT2D eigenvalue weighted by atomic mass is 9.98. The first-order valence-corrected chi connectivity index (χ1v) is 11.6. The minimum absolute atomic E-state index is 0.0746. The summed E-state index contributed by atoms with van der Waals surface area (Å²) in [6.07, 6.45) is 5.61. The summed E-state index contributed by atoms with van der Waals surface area (Å²) in [5.41, 5.74) is 2.29. The Hall–Kier alpha value is -1.21. The summed E-state index contributed by atoms with van der Waals surface area (Å²) in [5, 5.41) is 0. The molecule has 0 saturated carbocycles. The van der Waals surface area contributed by atoms with E-state index >= 15 is 0 Å². The monoisotopic (exact) mass is 390 g/mol. The first-order chi connectivity index (χ1) is 12.9. The average Bonchev–Trinajstić information content (AvgIpc) is 3.09. The first kappa shape index (κ1) is 19.1. The third kappa shape index (κ3) is 3.99. The normalized spacial score (nSPS) is 30.1. The van der Waals surface area contributed by atoms with Gasteiger partial charge in [-0.3, -0.25) is 4.90 Å². The van der Waals surface area contributed by atoms with Gasteiger partial charge in [0.25, 0.3) is 0 Å². The van der Waals surface area contributed by atoms with Gasteiger partial charge in [0.05, 0.1) is 17.1 Å². The number of ether oxygens (including phenoxy) is 1. The molecule has 27 heavy (non-hydrogen) atoms. The van der Waals surface area contributed by atoms with Crippen LogP contribution >= 0.6 is 0 Å². The smallest absolute Gasteiger partial charge is 0.239 e. The Bertz CT molecular complexity index is 810. The van der Waals surface area contributed by atoms with Crippen LogP contribution in [0.2, 0.25) is 0 Å². The number of sulfonamides is 1. The van der Waals surface area contributed by atoms with E-state index in [0.717, 1.165) is 44.5 Å². The van der Waals surface area contributed by atoms with Crippen molar-refractivity contribution in [1.82, 2.24) is 9.21 Å². The molecule has 3 atom stereocenters. The Labute approximate surface area is 163 Å². The predicted octanol–water partition coefficient (Wildman–Crippen LogP) is 2.88. The summed E-state index contributed by atoms with van der Waals surface area (Å²) in [5.74, 6) is 0. The number of nitrogens with zero attached hydrogens (tertiary/aromatic N) is 2. The van der Waals surface area contributed by atoms with Gasteiger partial charge in [0.2, 0.25) is 10.0 Å². The molecule has 0 N–H and O–H groups in total. The minimum atomic E-state index is -3.39. The van der Waals surface area contributed by atoms with E-state index in [-0.39, 0.29) is 18.2 Å². The molecular weight excluding hydrogens is 360 g/mol. The number of benzene rings is 1. The van der Waals surface area contributed by atoms with E-state index in [2.05, 4.69) is 24.8 Å². The van der Waals surface area contributed by atoms with Crippen molar-refractivity contribution in [2.75, 3.05) is 26.2 Å². The van der Waals surface area contributed by atoms with Crippen LogP contribution in [0.5, 0.6) is 0 Å². The molecule has 2 aliphatic heterocycles. The quantitative estimate of drug-likeness (QED) is 0.793. The number of aryl methyl sites for hydroxylation is 1. The molecule has 1 aromatic rings. The molecule has 2 saturated heterocycles. The van der Waals surface area contributed by atoms with Crippen molar-refractivity contribution in [2.45, 2.75) is 57.8 Å².